The number of amides is 1. The Hall–Kier alpha value is -3.02. The topological polar surface area (TPSA) is 50.8 Å². The lowest BCUT2D eigenvalue weighted by Crippen LogP contribution is -2.41. The molecule has 3 aromatic rings. The summed E-state index contributed by atoms with van der Waals surface area (Å²) >= 11 is 6.24. The van der Waals surface area contributed by atoms with Gasteiger partial charge < -0.3 is 14.8 Å². The fourth-order valence-electron chi connectivity index (χ4n) is 4.48. The molecule has 0 spiro atoms. The Labute approximate surface area is 200 Å². The van der Waals surface area contributed by atoms with Crippen LogP contribution in [0, 0.1) is 6.92 Å². The molecule has 1 N–H and O–H groups in total. The quantitative estimate of drug-likeness (QED) is 0.522. The number of methoxy groups -OCH3 is 2. The van der Waals surface area contributed by atoms with Gasteiger partial charge in [-0.25, -0.2) is 0 Å². The minimum absolute atomic E-state index is 0.0134. The third kappa shape index (κ3) is 5.15. The lowest BCUT2D eigenvalue weighted by atomic mass is 9.91. The van der Waals surface area contributed by atoms with Gasteiger partial charge in [0.15, 0.2) is 11.5 Å². The number of carbonyl (C=O) groups excluding carboxylic acids is 1. The van der Waals surface area contributed by atoms with E-state index in [0.717, 1.165) is 30.8 Å². The zero-order chi connectivity index (χ0) is 23.4. The molecule has 0 fully saturated rings. The van der Waals surface area contributed by atoms with Gasteiger partial charge in [0.1, 0.15) is 0 Å². The molecule has 33 heavy (non-hydrogen) atoms. The van der Waals surface area contributed by atoms with Gasteiger partial charge >= 0.3 is 0 Å². The molecule has 4 rings (SSSR count). The highest BCUT2D eigenvalue weighted by Gasteiger charge is 2.30. The fourth-order valence-corrected chi connectivity index (χ4v) is 4.70. The number of hydrogen-bond donors (Lipinski definition) is 1. The molecule has 1 heterocycles. The highest BCUT2D eigenvalue weighted by Crippen LogP contribution is 2.38. The SMILES string of the molecule is COc1cc2c(cc1OC)[C@H](CNC(=O)c1ccccc1Cl)N(Cc1cccc(C)c1)CC2. The number of hydrogen-bond acceptors (Lipinski definition) is 4. The number of nitrogens with zero attached hydrogens (tertiary/aromatic N) is 1. The number of ether oxygens (including phenoxy) is 2. The second-order valence-electron chi connectivity index (χ2n) is 8.32. The number of carbonyl (C=O) groups is 1. The zero-order valence-electron chi connectivity index (χ0n) is 19.2. The van der Waals surface area contributed by atoms with Crippen LogP contribution in [0.2, 0.25) is 5.02 Å². The molecule has 0 bridgehead atoms. The number of aryl methyl sites for hydroxylation is 1. The van der Waals surface area contributed by atoms with Crippen LogP contribution in [0.5, 0.6) is 11.5 Å². The Morgan fingerprint density at radius 3 is 2.55 bits per heavy atom. The van der Waals surface area contributed by atoms with Crippen molar-refractivity contribution in [1.29, 1.82) is 0 Å². The molecule has 1 amide bonds. The monoisotopic (exact) mass is 464 g/mol. The molecule has 0 saturated carbocycles. The molecule has 1 aliphatic heterocycles. The van der Waals surface area contributed by atoms with Gasteiger partial charge in [0.2, 0.25) is 0 Å². The molecule has 0 radical (unpaired) electrons. The van der Waals surface area contributed by atoms with E-state index in [-0.39, 0.29) is 11.9 Å². The highest BCUT2D eigenvalue weighted by molar-refractivity contribution is 6.33. The molecule has 1 aliphatic rings. The van der Waals surface area contributed by atoms with E-state index in [9.17, 15) is 4.79 Å². The summed E-state index contributed by atoms with van der Waals surface area (Å²) in [6.45, 7) is 4.23. The van der Waals surface area contributed by atoms with Gasteiger partial charge in [0.25, 0.3) is 5.91 Å². The minimum Gasteiger partial charge on any atom is -0.493 e. The summed E-state index contributed by atoms with van der Waals surface area (Å²) in [6, 6.07) is 19.7. The molecule has 0 saturated heterocycles. The summed E-state index contributed by atoms with van der Waals surface area (Å²) < 4.78 is 11.1. The largest absolute Gasteiger partial charge is 0.493 e. The Balaban J connectivity index is 1.64. The first kappa shape index (κ1) is 23.1. The second kappa shape index (κ2) is 10.3. The number of nitrogens with one attached hydrogen (secondary N) is 1. The van der Waals surface area contributed by atoms with Crippen molar-refractivity contribution >= 4 is 17.5 Å². The van der Waals surface area contributed by atoms with Crippen molar-refractivity contribution < 1.29 is 14.3 Å². The van der Waals surface area contributed by atoms with E-state index in [4.69, 9.17) is 21.1 Å². The maximum atomic E-state index is 12.9. The molecule has 172 valence electrons. The van der Waals surface area contributed by atoms with Crippen LogP contribution in [0.3, 0.4) is 0 Å². The minimum atomic E-state index is -0.177. The maximum absolute atomic E-state index is 12.9. The zero-order valence-corrected chi connectivity index (χ0v) is 20.0. The van der Waals surface area contributed by atoms with E-state index >= 15 is 0 Å². The first-order valence-electron chi connectivity index (χ1n) is 11.1. The van der Waals surface area contributed by atoms with E-state index in [2.05, 4.69) is 47.5 Å². The smallest absolute Gasteiger partial charge is 0.252 e. The van der Waals surface area contributed by atoms with Crippen molar-refractivity contribution in [2.75, 3.05) is 27.3 Å². The molecule has 0 aromatic heterocycles. The summed E-state index contributed by atoms with van der Waals surface area (Å²) in [5, 5.41) is 3.55. The van der Waals surface area contributed by atoms with Gasteiger partial charge in [-0.2, -0.15) is 0 Å². The van der Waals surface area contributed by atoms with Crippen LogP contribution in [0.25, 0.3) is 0 Å². The van der Waals surface area contributed by atoms with Crippen LogP contribution in [0.15, 0.2) is 60.7 Å². The van der Waals surface area contributed by atoms with Gasteiger partial charge in [0, 0.05) is 19.6 Å². The van der Waals surface area contributed by atoms with Crippen molar-refractivity contribution in [3.63, 3.8) is 0 Å². The van der Waals surface area contributed by atoms with Crippen LogP contribution in [-0.4, -0.2) is 38.1 Å². The van der Waals surface area contributed by atoms with Crippen LogP contribution in [-0.2, 0) is 13.0 Å². The first-order valence-corrected chi connectivity index (χ1v) is 11.4. The number of halogens is 1. The van der Waals surface area contributed by atoms with Crippen molar-refractivity contribution in [2.45, 2.75) is 25.9 Å². The van der Waals surface area contributed by atoms with E-state index in [1.165, 1.54) is 16.7 Å². The Kier molecular flexibility index (Phi) is 7.21. The molecule has 6 heteroatoms. The summed E-state index contributed by atoms with van der Waals surface area (Å²) in [5.41, 5.74) is 5.32. The van der Waals surface area contributed by atoms with Gasteiger partial charge in [-0.3, -0.25) is 9.69 Å². The Morgan fingerprint density at radius 2 is 1.82 bits per heavy atom. The average molecular weight is 465 g/mol. The Morgan fingerprint density at radius 1 is 1.06 bits per heavy atom. The van der Waals surface area contributed by atoms with Crippen molar-refractivity contribution in [2.24, 2.45) is 0 Å². The van der Waals surface area contributed by atoms with E-state index in [1.54, 1.807) is 26.4 Å². The molecule has 1 atom stereocenters. The summed E-state index contributed by atoms with van der Waals surface area (Å²) in [5.74, 6) is 1.24. The third-order valence-corrected chi connectivity index (χ3v) is 6.49. The van der Waals surface area contributed by atoms with Crippen molar-refractivity contribution in [3.05, 3.63) is 93.5 Å². The number of fused-ring (bicyclic) bond motifs is 1. The molecular formula is C27H29ClN2O3. The molecule has 0 aliphatic carbocycles. The summed E-state index contributed by atoms with van der Waals surface area (Å²) in [4.78, 5) is 15.3. The fraction of sp³-hybridized carbons (Fsp3) is 0.296. The van der Waals surface area contributed by atoms with Gasteiger partial charge in [-0.05, 0) is 54.3 Å². The molecule has 0 unspecified atom stereocenters. The third-order valence-electron chi connectivity index (χ3n) is 6.16. The predicted octanol–water partition coefficient (Wildman–Crippen LogP) is 5.20. The standard InChI is InChI=1S/C27H29ClN2O3/c1-18-7-6-8-19(13-18)17-30-12-11-20-14-25(32-2)26(33-3)15-22(20)24(30)16-29-27(31)21-9-4-5-10-23(21)28/h4-10,13-15,24H,11-12,16-17H2,1-3H3,(H,29,31)/t24-/m0/s1. The van der Waals surface area contributed by atoms with Gasteiger partial charge in [-0.1, -0.05) is 53.6 Å². The first-order chi connectivity index (χ1) is 16.0. The van der Waals surface area contributed by atoms with Crippen LogP contribution in [0.1, 0.15) is 38.7 Å². The summed E-state index contributed by atoms with van der Waals surface area (Å²) in [7, 11) is 3.30. The average Bonchev–Trinajstić information content (AvgIpc) is 2.82. The van der Waals surface area contributed by atoms with Gasteiger partial charge in [0.05, 0.1) is 30.8 Å². The van der Waals surface area contributed by atoms with E-state index in [0.29, 0.717) is 22.9 Å². The lowest BCUT2D eigenvalue weighted by molar-refractivity contribution is 0.0926. The van der Waals surface area contributed by atoms with Gasteiger partial charge in [-0.15, -0.1) is 0 Å². The number of rotatable bonds is 7. The highest BCUT2D eigenvalue weighted by atomic mass is 35.5. The van der Waals surface area contributed by atoms with Crippen LogP contribution in [0.4, 0.5) is 0 Å². The van der Waals surface area contributed by atoms with Crippen molar-refractivity contribution in [3.8, 4) is 11.5 Å². The van der Waals surface area contributed by atoms with Crippen molar-refractivity contribution in [1.82, 2.24) is 10.2 Å². The lowest BCUT2D eigenvalue weighted by Gasteiger charge is -2.38. The Bertz CT molecular complexity index is 1150. The van der Waals surface area contributed by atoms with E-state index in [1.807, 2.05) is 18.2 Å². The normalized spacial score (nSPS) is 15.6. The molecular weight excluding hydrogens is 436 g/mol. The molecule has 5 nitrogen and oxygen atoms in total. The number of benzene rings is 3. The molecule has 3 aromatic carbocycles. The maximum Gasteiger partial charge on any atom is 0.252 e. The van der Waals surface area contributed by atoms with Crippen LogP contribution >= 0.6 is 11.6 Å². The predicted molar refractivity (Wildman–Crippen MR) is 131 cm³/mol. The summed E-state index contributed by atoms with van der Waals surface area (Å²) in [6.07, 6.45) is 0.899. The van der Waals surface area contributed by atoms with E-state index < -0.39 is 0 Å². The van der Waals surface area contributed by atoms with Crippen LogP contribution < -0.4 is 14.8 Å². The second-order valence-corrected chi connectivity index (χ2v) is 8.73.